The lowest BCUT2D eigenvalue weighted by molar-refractivity contribution is 0.0223. The SMILES string of the molecule is CN(CC1OC(=O)c2cc3c(cc21)CCN(C(=O)OC(C)(C)C)C3)C(=O)OCc1ccccc1. The summed E-state index contributed by atoms with van der Waals surface area (Å²) in [7, 11) is 1.62. The second-order valence-electron chi connectivity index (χ2n) is 9.67. The van der Waals surface area contributed by atoms with Crippen LogP contribution in [0.2, 0.25) is 0 Å². The minimum Gasteiger partial charge on any atom is -0.452 e. The molecule has 180 valence electrons. The summed E-state index contributed by atoms with van der Waals surface area (Å²) < 4.78 is 16.4. The standard InChI is InChI=1S/C26H30N2O6/c1-26(2,3)34-25(31)28-11-10-18-12-20-21(13-19(18)14-28)23(29)33-22(20)15-27(4)24(30)32-16-17-8-6-5-7-9-17/h5-9,12-13,22H,10-11,14-16H2,1-4H3. The molecule has 2 aliphatic heterocycles. The molecule has 1 atom stereocenters. The van der Waals surface area contributed by atoms with E-state index in [0.29, 0.717) is 25.1 Å². The van der Waals surface area contributed by atoms with Gasteiger partial charge in [-0.3, -0.25) is 0 Å². The van der Waals surface area contributed by atoms with Crippen LogP contribution in [-0.4, -0.2) is 53.7 Å². The lowest BCUT2D eigenvalue weighted by Crippen LogP contribution is -2.40. The molecular formula is C26H30N2O6. The highest BCUT2D eigenvalue weighted by molar-refractivity contribution is 5.94. The minimum absolute atomic E-state index is 0.173. The average molecular weight is 467 g/mol. The molecule has 0 spiro atoms. The molecule has 1 unspecified atom stereocenters. The van der Waals surface area contributed by atoms with Crippen LogP contribution in [0, 0.1) is 0 Å². The number of cyclic esters (lactones) is 1. The number of hydrogen-bond donors (Lipinski definition) is 0. The number of nitrogens with zero attached hydrogens (tertiary/aromatic N) is 2. The molecule has 4 rings (SSSR count). The Morgan fingerprint density at radius 3 is 2.59 bits per heavy atom. The summed E-state index contributed by atoms with van der Waals surface area (Å²) in [5.74, 6) is -0.428. The number of carbonyl (C=O) groups is 3. The van der Waals surface area contributed by atoms with Crippen LogP contribution in [0.3, 0.4) is 0 Å². The molecule has 0 radical (unpaired) electrons. The first-order chi connectivity index (χ1) is 16.1. The lowest BCUT2D eigenvalue weighted by atomic mass is 9.92. The van der Waals surface area contributed by atoms with Gasteiger partial charge in [0.05, 0.1) is 12.1 Å². The Labute approximate surface area is 199 Å². The molecule has 0 fully saturated rings. The smallest absolute Gasteiger partial charge is 0.410 e. The van der Waals surface area contributed by atoms with Crippen molar-refractivity contribution in [1.82, 2.24) is 9.80 Å². The van der Waals surface area contributed by atoms with Gasteiger partial charge in [0.25, 0.3) is 0 Å². The molecular weight excluding hydrogens is 436 g/mol. The molecule has 2 aliphatic rings. The first kappa shape index (κ1) is 23.6. The number of benzene rings is 2. The molecule has 0 aromatic heterocycles. The third-order valence-electron chi connectivity index (χ3n) is 5.81. The number of esters is 1. The predicted molar refractivity (Wildman–Crippen MR) is 124 cm³/mol. The Kier molecular flexibility index (Phi) is 6.50. The Morgan fingerprint density at radius 2 is 1.88 bits per heavy atom. The summed E-state index contributed by atoms with van der Waals surface area (Å²) in [6, 6.07) is 13.2. The third-order valence-corrected chi connectivity index (χ3v) is 5.81. The van der Waals surface area contributed by atoms with Gasteiger partial charge in [-0.15, -0.1) is 0 Å². The average Bonchev–Trinajstić information content (AvgIpc) is 3.09. The molecule has 0 N–H and O–H groups in total. The van der Waals surface area contributed by atoms with E-state index in [1.165, 1.54) is 4.90 Å². The van der Waals surface area contributed by atoms with Crippen LogP contribution in [0.25, 0.3) is 0 Å². The van der Waals surface area contributed by atoms with Gasteiger partial charge >= 0.3 is 18.2 Å². The van der Waals surface area contributed by atoms with Gasteiger partial charge in [0, 0.05) is 25.7 Å². The first-order valence-corrected chi connectivity index (χ1v) is 11.4. The number of ether oxygens (including phenoxy) is 3. The third kappa shape index (κ3) is 5.32. The maximum absolute atomic E-state index is 12.6. The fourth-order valence-electron chi connectivity index (χ4n) is 4.10. The second-order valence-corrected chi connectivity index (χ2v) is 9.67. The summed E-state index contributed by atoms with van der Waals surface area (Å²) in [5, 5.41) is 0. The zero-order valence-corrected chi connectivity index (χ0v) is 20.0. The highest BCUT2D eigenvalue weighted by Gasteiger charge is 2.35. The fourth-order valence-corrected chi connectivity index (χ4v) is 4.10. The molecule has 0 saturated heterocycles. The van der Waals surface area contributed by atoms with Gasteiger partial charge < -0.3 is 24.0 Å². The van der Waals surface area contributed by atoms with Crippen molar-refractivity contribution in [3.8, 4) is 0 Å². The fraction of sp³-hybridized carbons (Fsp3) is 0.423. The second kappa shape index (κ2) is 9.37. The summed E-state index contributed by atoms with van der Waals surface area (Å²) >= 11 is 0. The highest BCUT2D eigenvalue weighted by atomic mass is 16.6. The van der Waals surface area contributed by atoms with E-state index in [-0.39, 0.29) is 19.2 Å². The summed E-state index contributed by atoms with van der Waals surface area (Å²) in [6.45, 7) is 6.77. The van der Waals surface area contributed by atoms with E-state index in [4.69, 9.17) is 14.2 Å². The van der Waals surface area contributed by atoms with Gasteiger partial charge in [-0.2, -0.15) is 0 Å². The molecule has 0 bridgehead atoms. The van der Waals surface area contributed by atoms with Crippen LogP contribution in [0.4, 0.5) is 9.59 Å². The van der Waals surface area contributed by atoms with E-state index in [1.54, 1.807) is 18.0 Å². The minimum atomic E-state index is -0.569. The van der Waals surface area contributed by atoms with E-state index in [0.717, 1.165) is 22.3 Å². The van der Waals surface area contributed by atoms with Crippen LogP contribution >= 0.6 is 0 Å². The Hall–Kier alpha value is -3.55. The monoisotopic (exact) mass is 466 g/mol. The van der Waals surface area contributed by atoms with Crippen molar-refractivity contribution in [1.29, 1.82) is 0 Å². The van der Waals surface area contributed by atoms with Gasteiger partial charge in [0.15, 0.2) is 0 Å². The van der Waals surface area contributed by atoms with Gasteiger partial charge in [-0.1, -0.05) is 36.4 Å². The molecule has 0 saturated carbocycles. The zero-order chi connectivity index (χ0) is 24.5. The summed E-state index contributed by atoms with van der Waals surface area (Å²) in [4.78, 5) is 40.5. The molecule has 2 heterocycles. The van der Waals surface area contributed by atoms with Gasteiger partial charge in [-0.25, -0.2) is 14.4 Å². The van der Waals surface area contributed by atoms with E-state index < -0.39 is 23.8 Å². The molecule has 0 aliphatic carbocycles. The summed E-state index contributed by atoms with van der Waals surface area (Å²) in [6.07, 6.45) is -0.766. The first-order valence-electron chi connectivity index (χ1n) is 11.4. The molecule has 8 nitrogen and oxygen atoms in total. The number of likely N-dealkylation sites (N-methyl/N-ethyl adjacent to an activating group) is 1. The van der Waals surface area contributed by atoms with E-state index in [9.17, 15) is 14.4 Å². The number of amides is 2. The topological polar surface area (TPSA) is 85.4 Å². The van der Waals surface area contributed by atoms with Crippen LogP contribution in [0.15, 0.2) is 42.5 Å². The predicted octanol–water partition coefficient (Wildman–Crippen LogP) is 4.46. The highest BCUT2D eigenvalue weighted by Crippen LogP contribution is 2.35. The largest absolute Gasteiger partial charge is 0.452 e. The number of fused-ring (bicyclic) bond motifs is 2. The van der Waals surface area contributed by atoms with Crippen molar-refractivity contribution < 1.29 is 28.6 Å². The molecule has 2 amide bonds. The van der Waals surface area contributed by atoms with Crippen molar-refractivity contribution in [3.05, 3.63) is 70.3 Å². The van der Waals surface area contributed by atoms with Crippen LogP contribution in [-0.2, 0) is 33.8 Å². The van der Waals surface area contributed by atoms with Gasteiger partial charge in [0.2, 0.25) is 0 Å². The van der Waals surface area contributed by atoms with Crippen LogP contribution < -0.4 is 0 Å². The Bertz CT molecular complexity index is 1090. The van der Waals surface area contributed by atoms with Crippen molar-refractivity contribution in [2.75, 3.05) is 20.1 Å². The normalized spacial score (nSPS) is 16.9. The van der Waals surface area contributed by atoms with Gasteiger partial charge in [0.1, 0.15) is 18.3 Å². The number of carbonyl (C=O) groups excluding carboxylic acids is 3. The van der Waals surface area contributed by atoms with Crippen LogP contribution in [0.5, 0.6) is 0 Å². The number of rotatable bonds is 4. The maximum Gasteiger partial charge on any atom is 0.410 e. The number of hydrogen-bond acceptors (Lipinski definition) is 6. The zero-order valence-electron chi connectivity index (χ0n) is 20.0. The van der Waals surface area contributed by atoms with Crippen molar-refractivity contribution in [2.45, 2.75) is 52.0 Å². The van der Waals surface area contributed by atoms with Crippen LogP contribution in [0.1, 0.15) is 59.5 Å². The molecule has 2 aromatic carbocycles. The molecule has 2 aromatic rings. The van der Waals surface area contributed by atoms with E-state index >= 15 is 0 Å². The van der Waals surface area contributed by atoms with E-state index in [1.807, 2.05) is 57.2 Å². The van der Waals surface area contributed by atoms with Gasteiger partial charge in [-0.05, 0) is 49.9 Å². The Balaban J connectivity index is 1.42. The maximum atomic E-state index is 12.6. The lowest BCUT2D eigenvalue weighted by Gasteiger charge is -2.31. The van der Waals surface area contributed by atoms with E-state index in [2.05, 4.69) is 0 Å². The molecule has 8 heteroatoms. The van der Waals surface area contributed by atoms with Crippen molar-refractivity contribution in [3.63, 3.8) is 0 Å². The quantitative estimate of drug-likeness (QED) is 0.489. The summed E-state index contributed by atoms with van der Waals surface area (Å²) in [5.41, 5.74) is 3.54. The Morgan fingerprint density at radius 1 is 1.15 bits per heavy atom. The van der Waals surface area contributed by atoms with Crippen molar-refractivity contribution >= 4 is 18.2 Å². The van der Waals surface area contributed by atoms with Crippen molar-refractivity contribution in [2.24, 2.45) is 0 Å². The molecule has 34 heavy (non-hydrogen) atoms.